The Kier molecular flexibility index (Phi) is 14.4. The fraction of sp³-hybridized carbons (Fsp3) is 0.0526. The quantitative estimate of drug-likeness (QED) is 0.159. The minimum Gasteiger partial charge on any atom is -0.410 e. The van der Waals surface area contributed by atoms with E-state index in [0.717, 1.165) is 20.1 Å². The maximum Gasteiger partial charge on any atom is 0.493 e. The van der Waals surface area contributed by atoms with E-state index in [9.17, 15) is 0 Å². The molecule has 0 atom stereocenters. The van der Waals surface area contributed by atoms with E-state index in [2.05, 4.69) is 303 Å². The van der Waals surface area contributed by atoms with E-state index in [1.165, 1.54) is 109 Å². The summed E-state index contributed by atoms with van der Waals surface area (Å²) in [5.41, 5.74) is 22.3. The van der Waals surface area contributed by atoms with Gasteiger partial charge in [-0.3, -0.25) is 0 Å². The number of para-hydroxylation sites is 6. The molecule has 0 N–H and O–H groups in total. The van der Waals surface area contributed by atoms with Crippen molar-refractivity contribution < 1.29 is 9.31 Å². The summed E-state index contributed by atoms with van der Waals surface area (Å²) in [7, 11) is 3.01. The lowest BCUT2D eigenvalue weighted by atomic mass is 9.34. The normalized spacial score (nSPS) is 14.2. The van der Waals surface area contributed by atoms with Gasteiger partial charge in [0.15, 0.2) is 0 Å². The first-order valence-electron chi connectivity index (χ1n) is 28.9. The highest BCUT2D eigenvalue weighted by Crippen LogP contribution is 2.65. The third-order valence-electron chi connectivity index (χ3n) is 17.5. The molecule has 17 rings (SSSR count). The van der Waals surface area contributed by atoms with Crippen molar-refractivity contribution in [2.45, 2.75) is 30.4 Å². The molecule has 12 aromatic carbocycles. The van der Waals surface area contributed by atoms with Crippen LogP contribution in [0.3, 0.4) is 0 Å². The minimum atomic E-state index is -0.425. The number of hydrogen-bond acceptors (Lipinski definition) is 6. The lowest BCUT2D eigenvalue weighted by Gasteiger charge is -2.51. The first-order chi connectivity index (χ1) is 42.5. The molecule has 0 unspecified atom stereocenters. The zero-order valence-electron chi connectivity index (χ0n) is 47.2. The Morgan fingerprint density at radius 1 is 0.326 bits per heavy atom. The van der Waals surface area contributed by atoms with Gasteiger partial charge >= 0.3 is 7.12 Å². The predicted molar refractivity (Wildman–Crippen MR) is 367 cm³/mol. The predicted octanol–water partition coefficient (Wildman–Crippen LogP) is 17.7. The number of anilines is 6. The van der Waals surface area contributed by atoms with E-state index in [0.29, 0.717) is 0 Å². The van der Waals surface area contributed by atoms with Crippen LogP contribution in [0.2, 0.25) is 0 Å². The molecule has 412 valence electrons. The summed E-state index contributed by atoms with van der Waals surface area (Å²) >= 11 is 11.6. The Labute approximate surface area is 529 Å². The Morgan fingerprint density at radius 2 is 0.686 bits per heavy atom. The zero-order chi connectivity index (χ0) is 57.9. The second kappa shape index (κ2) is 22.7. The van der Waals surface area contributed by atoms with Gasteiger partial charge in [0.2, 0.25) is 6.71 Å². The van der Waals surface area contributed by atoms with Crippen molar-refractivity contribution in [3.63, 3.8) is 0 Å². The third kappa shape index (κ3) is 8.51. The molecule has 0 radical (unpaired) electrons. The molecule has 0 fully saturated rings. The van der Waals surface area contributed by atoms with Crippen molar-refractivity contribution in [3.05, 3.63) is 345 Å². The van der Waals surface area contributed by atoms with E-state index in [1.54, 1.807) is 14.2 Å². The molecule has 0 saturated carbocycles. The van der Waals surface area contributed by atoms with Gasteiger partial charge in [-0.05, 0) is 153 Å². The van der Waals surface area contributed by atoms with Gasteiger partial charge < -0.3 is 19.1 Å². The van der Waals surface area contributed by atoms with Crippen LogP contribution in [0, 0.1) is 0 Å². The van der Waals surface area contributed by atoms with Gasteiger partial charge in [0.25, 0.3) is 0 Å². The molecule has 4 nitrogen and oxygen atoms in total. The van der Waals surface area contributed by atoms with Crippen molar-refractivity contribution in [2.24, 2.45) is 0 Å². The van der Waals surface area contributed by atoms with Gasteiger partial charge in [-0.15, -0.1) is 0 Å². The fourth-order valence-corrected chi connectivity index (χ4v) is 17.7. The molecular weight excluding hydrogens is 1220 g/mol. The summed E-state index contributed by atoms with van der Waals surface area (Å²) in [5.74, 6) is 0. The fourth-order valence-electron chi connectivity index (χ4n) is 14.3. The zero-order valence-corrected chi connectivity index (χ0v) is 52.0. The molecule has 2 spiro atoms. The molecule has 12 aromatic rings. The van der Waals surface area contributed by atoms with Crippen LogP contribution >= 0.6 is 55.4 Å². The second-order valence-electron chi connectivity index (χ2n) is 21.8. The van der Waals surface area contributed by atoms with Crippen LogP contribution in [0.15, 0.2) is 320 Å². The van der Waals surface area contributed by atoms with Gasteiger partial charge in [0.1, 0.15) is 0 Å². The first kappa shape index (κ1) is 54.6. The second-order valence-corrected chi connectivity index (χ2v) is 25.7. The van der Waals surface area contributed by atoms with Crippen molar-refractivity contribution in [2.75, 3.05) is 24.0 Å². The summed E-state index contributed by atoms with van der Waals surface area (Å²) in [6.07, 6.45) is 0. The molecule has 10 heteroatoms. The SMILES string of the molecule is Brc1ccccc1N1c2ccccc2C2(c3ccccc3Sc3ccccc32)c2cccc(Br)c21.COB(OC)c1ccccc1.c1ccc(B2c3ccccc3N3c4ccccc4C4(c5ccccc5Sc5ccccc54)c4cccc2c43)cc1. The summed E-state index contributed by atoms with van der Waals surface area (Å²) in [4.78, 5) is 10.2. The highest BCUT2D eigenvalue weighted by molar-refractivity contribution is 9.11. The summed E-state index contributed by atoms with van der Waals surface area (Å²) in [5, 5.41) is 0. The van der Waals surface area contributed by atoms with Gasteiger partial charge in [-0.1, -0.05) is 260 Å². The van der Waals surface area contributed by atoms with E-state index in [1.807, 2.05) is 53.9 Å². The maximum atomic E-state index is 5.06. The average molecular weight is 1270 g/mol. The molecule has 0 aliphatic carbocycles. The van der Waals surface area contributed by atoms with Crippen LogP contribution in [0.1, 0.15) is 44.5 Å². The van der Waals surface area contributed by atoms with Crippen LogP contribution in [0.4, 0.5) is 34.1 Å². The van der Waals surface area contributed by atoms with Gasteiger partial charge in [0.05, 0.1) is 33.6 Å². The monoisotopic (exact) mass is 1270 g/mol. The van der Waals surface area contributed by atoms with Crippen molar-refractivity contribution in [3.8, 4) is 0 Å². The first-order valence-corrected chi connectivity index (χ1v) is 32.1. The van der Waals surface area contributed by atoms with Crippen LogP contribution in [0.25, 0.3) is 0 Å². The van der Waals surface area contributed by atoms with Gasteiger partial charge in [-0.25, -0.2) is 0 Å². The highest BCUT2D eigenvalue weighted by atomic mass is 79.9. The Bertz CT molecular complexity index is 4470. The van der Waals surface area contributed by atoms with Gasteiger partial charge in [-0.2, -0.15) is 0 Å². The molecule has 86 heavy (non-hydrogen) atoms. The number of hydrogen-bond donors (Lipinski definition) is 0. The van der Waals surface area contributed by atoms with Gasteiger partial charge in [0, 0.05) is 54.1 Å². The molecule has 0 aromatic heterocycles. The standard InChI is InChI=1S/C37H24BNS.C31H19Br2NS.C8H11BO2/c1-2-13-25(14-3-1)38-30-19-7-9-22-33(30)39-32-21-8-4-15-26(32)37(29-18-12-20-31(38)36(29)39)27-16-5-10-23-34(27)40-35-24-11-6-17-28(35)37;32-24-14-4-6-17-27(24)34-26-16-5-1-10-20(26)31(23-13-9-15-25(33)30(23)34)21-11-2-7-18-28(21)35-29-19-8-3-12-22(29)31;1-10-9(11-2)8-6-4-3-5-7-8/h1-24H;1-19H;3-7H,1-2H3. The number of halogens is 2. The number of fused-ring (bicyclic) bond motifs is 18. The largest absolute Gasteiger partial charge is 0.493 e. The van der Waals surface area contributed by atoms with Crippen LogP contribution in [-0.4, -0.2) is 28.1 Å². The third-order valence-corrected chi connectivity index (χ3v) is 21.2. The van der Waals surface area contributed by atoms with E-state index in [-0.39, 0.29) is 13.8 Å². The van der Waals surface area contributed by atoms with Crippen molar-refractivity contribution in [1.82, 2.24) is 0 Å². The molecule has 0 saturated heterocycles. The molecule has 5 heterocycles. The van der Waals surface area contributed by atoms with Crippen molar-refractivity contribution in [1.29, 1.82) is 0 Å². The van der Waals surface area contributed by atoms with Crippen molar-refractivity contribution >= 4 is 125 Å². The smallest absolute Gasteiger partial charge is 0.410 e. The molecule has 0 amide bonds. The average Bonchev–Trinajstić information content (AvgIpc) is 0.695. The van der Waals surface area contributed by atoms with Crippen LogP contribution < -0.4 is 31.7 Å². The molecule has 5 aliphatic heterocycles. The van der Waals surface area contributed by atoms with E-state index >= 15 is 0 Å². The topological polar surface area (TPSA) is 24.9 Å². The lowest BCUT2D eigenvalue weighted by Crippen LogP contribution is -2.59. The maximum absolute atomic E-state index is 5.06. The number of benzene rings is 12. The van der Waals surface area contributed by atoms with E-state index < -0.39 is 10.8 Å². The Hall–Kier alpha value is -8.05. The Balaban J connectivity index is 0.000000125. The van der Waals surface area contributed by atoms with Crippen LogP contribution in [-0.2, 0) is 20.1 Å². The summed E-state index contributed by atoms with van der Waals surface area (Å²) in [6.45, 7) is 0.161. The number of nitrogens with zero attached hydrogens (tertiary/aromatic N) is 2. The molecular formula is C76H54B2Br2N2O2S2. The molecule has 5 aliphatic rings. The lowest BCUT2D eigenvalue weighted by molar-refractivity contribution is 0.292. The minimum absolute atomic E-state index is 0.161. The van der Waals surface area contributed by atoms with E-state index in [4.69, 9.17) is 9.31 Å². The number of rotatable bonds is 5. The van der Waals surface area contributed by atoms with Crippen LogP contribution in [0.5, 0.6) is 0 Å². The summed E-state index contributed by atoms with van der Waals surface area (Å²) in [6, 6.07) is 106. The molecule has 0 bridgehead atoms. The Morgan fingerprint density at radius 3 is 1.20 bits per heavy atom. The highest BCUT2D eigenvalue weighted by Gasteiger charge is 2.54. The summed E-state index contributed by atoms with van der Waals surface area (Å²) < 4.78 is 12.3.